The molecule has 5 heteroatoms. The van der Waals surface area contributed by atoms with E-state index < -0.39 is 5.82 Å². The van der Waals surface area contributed by atoms with Crippen LogP contribution in [0, 0.1) is 5.82 Å². The minimum absolute atomic E-state index is 0.0712. The van der Waals surface area contributed by atoms with E-state index in [4.69, 9.17) is 16.3 Å². The first kappa shape index (κ1) is 11.8. The Morgan fingerprint density at radius 1 is 1.50 bits per heavy atom. The average molecular weight is 269 g/mol. The Morgan fingerprint density at radius 3 is 2.78 bits per heavy atom. The molecule has 3 nitrogen and oxygen atoms in total. The first-order valence-electron chi connectivity index (χ1n) is 5.90. The van der Waals surface area contributed by atoms with Crippen LogP contribution in [0.25, 0.3) is 11.0 Å². The van der Waals surface area contributed by atoms with Crippen LogP contribution in [-0.2, 0) is 11.4 Å². The fourth-order valence-corrected chi connectivity index (χ4v) is 2.56. The molecule has 0 saturated heterocycles. The quantitative estimate of drug-likeness (QED) is 0.798. The van der Waals surface area contributed by atoms with Crippen molar-refractivity contribution in [2.75, 3.05) is 7.11 Å². The summed E-state index contributed by atoms with van der Waals surface area (Å²) in [6.07, 6.45) is 2.20. The van der Waals surface area contributed by atoms with Gasteiger partial charge in [0.15, 0.2) is 11.6 Å². The van der Waals surface area contributed by atoms with Gasteiger partial charge in [-0.05, 0) is 19.8 Å². The summed E-state index contributed by atoms with van der Waals surface area (Å²) in [5.74, 6) is 0.971. The van der Waals surface area contributed by atoms with Crippen LogP contribution in [0.1, 0.15) is 25.6 Å². The summed E-state index contributed by atoms with van der Waals surface area (Å²) >= 11 is 5.94. The van der Waals surface area contributed by atoms with Crippen molar-refractivity contribution in [3.8, 4) is 5.75 Å². The minimum Gasteiger partial charge on any atom is -0.494 e. The number of ether oxygens (including phenoxy) is 1. The van der Waals surface area contributed by atoms with Crippen molar-refractivity contribution in [3.05, 3.63) is 23.8 Å². The number of aromatic nitrogens is 2. The van der Waals surface area contributed by atoms with Gasteiger partial charge >= 0.3 is 0 Å². The first-order chi connectivity index (χ1) is 8.59. The van der Waals surface area contributed by atoms with Gasteiger partial charge in [0.2, 0.25) is 0 Å². The molecule has 0 spiro atoms. The van der Waals surface area contributed by atoms with Crippen molar-refractivity contribution >= 4 is 22.6 Å². The standard InChI is InChI=1S/C13H14ClFN2O/c1-13(3-4-13)17-10-6-11(18-2)8(15)5-9(10)16-12(17)7-14/h5-6H,3-4,7H2,1-2H3. The zero-order chi connectivity index (χ0) is 12.9. The fourth-order valence-electron chi connectivity index (χ4n) is 2.38. The Kier molecular flexibility index (Phi) is 2.52. The number of halogens is 2. The highest BCUT2D eigenvalue weighted by molar-refractivity contribution is 6.16. The Bertz CT molecular complexity index is 619. The highest BCUT2D eigenvalue weighted by atomic mass is 35.5. The number of hydrogen-bond donors (Lipinski definition) is 0. The predicted octanol–water partition coefficient (Wildman–Crippen LogP) is 3.43. The van der Waals surface area contributed by atoms with Crippen LogP contribution in [0.4, 0.5) is 4.39 Å². The number of rotatable bonds is 3. The number of benzene rings is 1. The third-order valence-corrected chi connectivity index (χ3v) is 3.87. The van der Waals surface area contributed by atoms with Crippen LogP contribution in [-0.4, -0.2) is 16.7 Å². The van der Waals surface area contributed by atoms with Crippen LogP contribution in [0.5, 0.6) is 5.75 Å². The van der Waals surface area contributed by atoms with E-state index in [1.165, 1.54) is 13.2 Å². The maximum Gasteiger partial charge on any atom is 0.167 e. The Labute approximate surface area is 110 Å². The molecule has 1 heterocycles. The smallest absolute Gasteiger partial charge is 0.167 e. The van der Waals surface area contributed by atoms with Gasteiger partial charge in [0.25, 0.3) is 0 Å². The number of alkyl halides is 1. The van der Waals surface area contributed by atoms with Gasteiger partial charge in [-0.15, -0.1) is 11.6 Å². The van der Waals surface area contributed by atoms with Crippen molar-refractivity contribution < 1.29 is 9.13 Å². The monoisotopic (exact) mass is 268 g/mol. The topological polar surface area (TPSA) is 27.1 Å². The van der Waals surface area contributed by atoms with E-state index in [0.29, 0.717) is 11.4 Å². The molecule has 0 amide bonds. The number of fused-ring (bicyclic) bond motifs is 1. The summed E-state index contributed by atoms with van der Waals surface area (Å²) in [6.45, 7) is 2.17. The molecule has 1 fully saturated rings. The molecule has 1 saturated carbocycles. The summed E-state index contributed by atoms with van der Waals surface area (Å²) in [7, 11) is 1.46. The number of hydrogen-bond acceptors (Lipinski definition) is 2. The van der Waals surface area contributed by atoms with Crippen molar-refractivity contribution in [3.63, 3.8) is 0 Å². The zero-order valence-corrected chi connectivity index (χ0v) is 11.1. The van der Waals surface area contributed by atoms with Gasteiger partial charge in [-0.25, -0.2) is 9.37 Å². The molecule has 1 aromatic heterocycles. The second-order valence-corrected chi connectivity index (χ2v) is 5.24. The van der Waals surface area contributed by atoms with Crippen molar-refractivity contribution in [2.45, 2.75) is 31.2 Å². The second-order valence-electron chi connectivity index (χ2n) is 4.97. The van der Waals surface area contributed by atoms with Crippen molar-refractivity contribution in [1.29, 1.82) is 0 Å². The lowest BCUT2D eigenvalue weighted by atomic mass is 10.2. The maximum atomic E-state index is 13.7. The molecule has 0 unspecified atom stereocenters. The fraction of sp³-hybridized carbons (Fsp3) is 0.462. The molecule has 0 N–H and O–H groups in total. The van der Waals surface area contributed by atoms with E-state index >= 15 is 0 Å². The summed E-state index contributed by atoms with van der Waals surface area (Å²) in [5, 5.41) is 0. The second kappa shape index (κ2) is 3.85. The minimum atomic E-state index is -0.392. The van der Waals surface area contributed by atoms with E-state index in [0.717, 1.165) is 24.2 Å². The van der Waals surface area contributed by atoms with Crippen LogP contribution >= 0.6 is 11.6 Å². The molecular weight excluding hydrogens is 255 g/mol. The first-order valence-corrected chi connectivity index (χ1v) is 6.44. The van der Waals surface area contributed by atoms with Crippen LogP contribution in [0.15, 0.2) is 12.1 Å². The van der Waals surface area contributed by atoms with Gasteiger partial charge in [0.1, 0.15) is 5.82 Å². The lowest BCUT2D eigenvalue weighted by molar-refractivity contribution is 0.387. The third kappa shape index (κ3) is 1.59. The van der Waals surface area contributed by atoms with E-state index in [1.54, 1.807) is 6.07 Å². The van der Waals surface area contributed by atoms with Crippen LogP contribution < -0.4 is 4.74 Å². The number of imidazole rings is 1. The molecule has 18 heavy (non-hydrogen) atoms. The SMILES string of the molecule is COc1cc2c(cc1F)nc(CCl)n2C1(C)CC1. The molecule has 1 aromatic carbocycles. The lowest BCUT2D eigenvalue weighted by Crippen LogP contribution is -2.15. The highest BCUT2D eigenvalue weighted by Crippen LogP contribution is 2.46. The Balaban J connectivity index is 2.31. The Hall–Kier alpha value is -1.29. The predicted molar refractivity (Wildman–Crippen MR) is 68.7 cm³/mol. The van der Waals surface area contributed by atoms with Gasteiger partial charge < -0.3 is 9.30 Å². The van der Waals surface area contributed by atoms with Gasteiger partial charge in [0.05, 0.1) is 24.0 Å². The summed E-state index contributed by atoms with van der Waals surface area (Å²) in [4.78, 5) is 4.41. The number of nitrogens with zero attached hydrogens (tertiary/aromatic N) is 2. The van der Waals surface area contributed by atoms with Gasteiger partial charge in [-0.1, -0.05) is 0 Å². The van der Waals surface area contributed by atoms with Crippen LogP contribution in [0.2, 0.25) is 0 Å². The van der Waals surface area contributed by atoms with E-state index in [1.807, 2.05) is 0 Å². The maximum absolute atomic E-state index is 13.7. The molecule has 0 radical (unpaired) electrons. The van der Waals surface area contributed by atoms with Gasteiger partial charge in [0, 0.05) is 17.7 Å². The largest absolute Gasteiger partial charge is 0.494 e. The molecule has 96 valence electrons. The van der Waals surface area contributed by atoms with Crippen LogP contribution in [0.3, 0.4) is 0 Å². The molecule has 3 rings (SSSR count). The van der Waals surface area contributed by atoms with Crippen molar-refractivity contribution in [2.24, 2.45) is 0 Å². The summed E-state index contributed by atoms with van der Waals surface area (Å²) in [5.41, 5.74) is 1.60. The normalized spacial score (nSPS) is 17.1. The average Bonchev–Trinajstić information content (AvgIpc) is 2.98. The molecule has 0 aliphatic heterocycles. The molecule has 1 aliphatic carbocycles. The van der Waals surface area contributed by atoms with E-state index in [9.17, 15) is 4.39 Å². The molecule has 1 aliphatic rings. The molecule has 0 atom stereocenters. The molecule has 0 bridgehead atoms. The third-order valence-electron chi connectivity index (χ3n) is 3.63. The number of methoxy groups -OCH3 is 1. The summed E-state index contributed by atoms with van der Waals surface area (Å²) < 4.78 is 20.8. The molecular formula is C13H14ClFN2O. The molecule has 2 aromatic rings. The van der Waals surface area contributed by atoms with Crippen molar-refractivity contribution in [1.82, 2.24) is 9.55 Å². The van der Waals surface area contributed by atoms with E-state index in [2.05, 4.69) is 16.5 Å². The highest BCUT2D eigenvalue weighted by Gasteiger charge is 2.41. The zero-order valence-electron chi connectivity index (χ0n) is 10.3. The van der Waals surface area contributed by atoms with Gasteiger partial charge in [-0.2, -0.15) is 0 Å². The van der Waals surface area contributed by atoms with Gasteiger partial charge in [-0.3, -0.25) is 0 Å². The van der Waals surface area contributed by atoms with E-state index in [-0.39, 0.29) is 11.3 Å². The Morgan fingerprint density at radius 2 is 2.22 bits per heavy atom. The lowest BCUT2D eigenvalue weighted by Gasteiger charge is -2.15. The summed E-state index contributed by atoms with van der Waals surface area (Å²) in [6, 6.07) is 3.11.